The summed E-state index contributed by atoms with van der Waals surface area (Å²) in [5.41, 5.74) is 2.34. The van der Waals surface area contributed by atoms with Crippen molar-refractivity contribution in [2.45, 2.75) is 69.9 Å². The van der Waals surface area contributed by atoms with E-state index in [0.717, 1.165) is 23.7 Å². The number of hydrogen-bond acceptors (Lipinski definition) is 7. The van der Waals surface area contributed by atoms with Gasteiger partial charge in [0, 0.05) is 68.4 Å². The van der Waals surface area contributed by atoms with Crippen molar-refractivity contribution >= 4 is 57.5 Å². The molecule has 1 aromatic heterocycles. The first-order valence-electron chi connectivity index (χ1n) is 16.5. The number of rotatable bonds is 12. The molecule has 0 bridgehead atoms. The molecule has 3 aromatic rings. The highest BCUT2D eigenvalue weighted by atomic mass is 35.5. The van der Waals surface area contributed by atoms with Gasteiger partial charge in [-0.15, -0.1) is 0 Å². The monoisotopic (exact) mass is 684 g/mol. The van der Waals surface area contributed by atoms with Gasteiger partial charge in [-0.1, -0.05) is 41.4 Å². The Labute approximate surface area is 284 Å². The van der Waals surface area contributed by atoms with Crippen LogP contribution in [-0.2, 0) is 32.5 Å². The molecule has 3 fully saturated rings. The van der Waals surface area contributed by atoms with E-state index < -0.39 is 17.7 Å². The van der Waals surface area contributed by atoms with Crippen molar-refractivity contribution in [3.63, 3.8) is 0 Å². The maximum Gasteiger partial charge on any atom is 0.306 e. The van der Waals surface area contributed by atoms with Crippen LogP contribution in [0.5, 0.6) is 0 Å². The van der Waals surface area contributed by atoms with Gasteiger partial charge >= 0.3 is 5.97 Å². The van der Waals surface area contributed by atoms with Gasteiger partial charge in [0.05, 0.1) is 34.4 Å². The smallest absolute Gasteiger partial charge is 0.306 e. The van der Waals surface area contributed by atoms with Crippen molar-refractivity contribution < 1.29 is 29.0 Å². The zero-order valence-electron chi connectivity index (χ0n) is 26.8. The third-order valence-corrected chi connectivity index (χ3v) is 10.5. The molecule has 12 heteroatoms. The molecule has 2 N–H and O–H groups in total. The van der Waals surface area contributed by atoms with E-state index >= 15 is 0 Å². The summed E-state index contributed by atoms with van der Waals surface area (Å²) in [6.45, 7) is 5.06. The van der Waals surface area contributed by atoms with Gasteiger partial charge in [0.2, 0.25) is 5.85 Å². The van der Waals surface area contributed by atoms with Crippen molar-refractivity contribution in [2.24, 2.45) is 13.0 Å². The second-order valence-corrected chi connectivity index (χ2v) is 13.7. The van der Waals surface area contributed by atoms with E-state index in [1.54, 1.807) is 18.3 Å². The molecule has 0 radical (unpaired) electrons. The summed E-state index contributed by atoms with van der Waals surface area (Å²) in [7, 11) is 1.89. The topological polar surface area (TPSA) is 113 Å². The lowest BCUT2D eigenvalue weighted by atomic mass is 9.87. The lowest BCUT2D eigenvalue weighted by molar-refractivity contribution is -0.283. The number of benzene rings is 2. The minimum Gasteiger partial charge on any atom is -0.481 e. The molecule has 6 rings (SSSR count). The molecule has 1 aliphatic carbocycles. The second kappa shape index (κ2) is 14.2. The van der Waals surface area contributed by atoms with Crippen molar-refractivity contribution in [3.05, 3.63) is 63.8 Å². The van der Waals surface area contributed by atoms with Crippen LogP contribution < -0.4 is 5.32 Å². The second-order valence-electron chi connectivity index (χ2n) is 12.9. The summed E-state index contributed by atoms with van der Waals surface area (Å²) in [4.78, 5) is 43.8. The fourth-order valence-corrected chi connectivity index (χ4v) is 7.76. The minimum absolute atomic E-state index is 0.00351. The SMILES string of the molecule is CCOC1CN(C(OC2CCC(C(=O)O)CC2)(C(=O)Cc2cc(Cl)c(NC(=O)c3cn(C)c4ccccc34)cc2Cl)N2CCCC2)C1. The number of ketones is 1. The number of likely N-dealkylation sites (tertiary alicyclic amines) is 2. The number of aryl methyl sites for hydroxylation is 1. The summed E-state index contributed by atoms with van der Waals surface area (Å²) in [6.07, 6.45) is 5.55. The van der Waals surface area contributed by atoms with Gasteiger partial charge in [-0.3, -0.25) is 24.2 Å². The predicted molar refractivity (Wildman–Crippen MR) is 181 cm³/mol. The van der Waals surface area contributed by atoms with Crippen LogP contribution in [0.3, 0.4) is 0 Å². The van der Waals surface area contributed by atoms with Gasteiger partial charge in [-0.05, 0) is 69.2 Å². The summed E-state index contributed by atoms with van der Waals surface area (Å²) in [5, 5.41) is 13.8. The number of carbonyl (C=O) groups is 3. The number of carbonyl (C=O) groups excluding carboxylic acids is 2. The molecule has 2 aromatic carbocycles. The van der Waals surface area contributed by atoms with Crippen molar-refractivity contribution in [2.75, 3.05) is 38.1 Å². The number of para-hydroxylation sites is 1. The molecule has 1 saturated carbocycles. The van der Waals surface area contributed by atoms with E-state index in [2.05, 4.69) is 15.1 Å². The zero-order chi connectivity index (χ0) is 33.3. The molecule has 252 valence electrons. The standard InChI is InChI=1S/C35H42Cl2N4O6/c1-3-46-25-19-41(20-25)35(40-14-6-7-15-40,47-24-12-10-22(11-13-24)34(44)45)32(42)17-23-16-29(37)30(18-28(23)36)38-33(43)27-21-39(2)31-9-5-4-8-26(27)31/h4-5,8-9,16,18,21-22,24-25H,3,6-7,10-15,17,19-20H2,1-2H3,(H,38,43)(H,44,45). The molecule has 10 nitrogen and oxygen atoms in total. The highest BCUT2D eigenvalue weighted by molar-refractivity contribution is 6.36. The third kappa shape index (κ3) is 6.82. The van der Waals surface area contributed by atoms with Crippen LogP contribution in [0.4, 0.5) is 5.69 Å². The van der Waals surface area contributed by atoms with E-state index in [1.807, 2.05) is 42.8 Å². The van der Waals surface area contributed by atoms with Crippen LogP contribution in [0.25, 0.3) is 10.9 Å². The molecular formula is C35H42Cl2N4O6. The van der Waals surface area contributed by atoms with Crippen LogP contribution in [0, 0.1) is 5.92 Å². The molecule has 2 aliphatic heterocycles. The van der Waals surface area contributed by atoms with Crippen LogP contribution >= 0.6 is 23.2 Å². The number of anilines is 1. The van der Waals surface area contributed by atoms with Gasteiger partial charge in [-0.25, -0.2) is 0 Å². The lowest BCUT2D eigenvalue weighted by Gasteiger charge is -2.55. The number of hydrogen-bond donors (Lipinski definition) is 2. The first-order chi connectivity index (χ1) is 22.6. The molecule has 3 heterocycles. The number of halogens is 2. The Morgan fingerprint density at radius 3 is 2.36 bits per heavy atom. The number of carboxylic acids is 1. The predicted octanol–water partition coefficient (Wildman–Crippen LogP) is 5.98. The van der Waals surface area contributed by atoms with E-state index in [9.17, 15) is 19.5 Å². The number of aromatic nitrogens is 1. The highest BCUT2D eigenvalue weighted by Crippen LogP contribution is 2.39. The first-order valence-corrected chi connectivity index (χ1v) is 17.2. The van der Waals surface area contributed by atoms with Crippen LogP contribution in [-0.4, -0.2) is 88.0 Å². The number of ether oxygens (including phenoxy) is 2. The van der Waals surface area contributed by atoms with Crippen LogP contribution in [0.2, 0.25) is 10.0 Å². The Morgan fingerprint density at radius 1 is 0.979 bits per heavy atom. The van der Waals surface area contributed by atoms with Crippen molar-refractivity contribution in [1.29, 1.82) is 0 Å². The number of amides is 1. The van der Waals surface area contributed by atoms with E-state index in [4.69, 9.17) is 32.7 Å². The van der Waals surface area contributed by atoms with E-state index in [-0.39, 0.29) is 35.3 Å². The van der Waals surface area contributed by atoms with Gasteiger partial charge in [0.25, 0.3) is 5.91 Å². The summed E-state index contributed by atoms with van der Waals surface area (Å²) >= 11 is 13.5. The molecule has 1 unspecified atom stereocenters. The minimum atomic E-state index is -1.33. The normalized spacial score (nSPS) is 22.2. The summed E-state index contributed by atoms with van der Waals surface area (Å²) < 4.78 is 14.7. The Kier molecular flexibility index (Phi) is 10.3. The number of carboxylic acid groups (broad SMARTS) is 1. The van der Waals surface area contributed by atoms with Crippen LogP contribution in [0.15, 0.2) is 42.6 Å². The van der Waals surface area contributed by atoms with Gasteiger partial charge in [0.15, 0.2) is 5.78 Å². The molecule has 3 aliphatic rings. The number of aliphatic carboxylic acids is 1. The number of nitrogens with zero attached hydrogens (tertiary/aromatic N) is 3. The van der Waals surface area contributed by atoms with Gasteiger partial charge < -0.3 is 24.5 Å². The third-order valence-electron chi connectivity index (χ3n) is 9.81. The first kappa shape index (κ1) is 33.9. The summed E-state index contributed by atoms with van der Waals surface area (Å²) in [5.74, 6) is -2.97. The Bertz CT molecular complexity index is 1640. The maximum absolute atomic E-state index is 14.7. The highest BCUT2D eigenvalue weighted by Gasteiger charge is 2.56. The molecular weight excluding hydrogens is 643 g/mol. The Morgan fingerprint density at radius 2 is 1.68 bits per heavy atom. The largest absolute Gasteiger partial charge is 0.481 e. The quantitative estimate of drug-likeness (QED) is 0.240. The maximum atomic E-state index is 14.7. The van der Waals surface area contributed by atoms with Gasteiger partial charge in [-0.2, -0.15) is 0 Å². The molecule has 47 heavy (non-hydrogen) atoms. The van der Waals surface area contributed by atoms with Gasteiger partial charge in [0.1, 0.15) is 0 Å². The Balaban J connectivity index is 1.25. The summed E-state index contributed by atoms with van der Waals surface area (Å²) in [6, 6.07) is 10.9. The molecule has 1 atom stereocenters. The average Bonchev–Trinajstić information content (AvgIpc) is 3.69. The van der Waals surface area contributed by atoms with E-state index in [0.29, 0.717) is 80.3 Å². The van der Waals surface area contributed by atoms with E-state index in [1.165, 1.54) is 0 Å². The molecule has 2 saturated heterocycles. The average molecular weight is 686 g/mol. The number of Topliss-reactive ketones (excluding diaryl/α,β-unsaturated/α-hetero) is 1. The number of nitrogens with one attached hydrogen (secondary N) is 1. The fourth-order valence-electron chi connectivity index (χ4n) is 7.29. The Hall–Kier alpha value is -2.99. The lowest BCUT2D eigenvalue weighted by Crippen LogP contribution is -2.74. The molecule has 1 amide bonds. The number of fused-ring (bicyclic) bond motifs is 1. The molecule has 0 spiro atoms. The fraction of sp³-hybridized carbons (Fsp3) is 0.514. The van der Waals surface area contributed by atoms with Crippen molar-refractivity contribution in [3.8, 4) is 0 Å². The van der Waals surface area contributed by atoms with Crippen molar-refractivity contribution in [1.82, 2.24) is 14.4 Å². The zero-order valence-corrected chi connectivity index (χ0v) is 28.4. The van der Waals surface area contributed by atoms with Crippen LogP contribution in [0.1, 0.15) is 61.4 Å².